The van der Waals surface area contributed by atoms with Crippen molar-refractivity contribution in [3.63, 3.8) is 0 Å². The fourth-order valence-electron chi connectivity index (χ4n) is 9.15. The number of nitrogens with two attached hydrogens (primary N) is 3. The molecule has 7 atom stereocenters. The van der Waals surface area contributed by atoms with E-state index in [1.165, 1.54) is 20.7 Å². The highest BCUT2D eigenvalue weighted by molar-refractivity contribution is 5.99. The Hall–Kier alpha value is -7.54. The van der Waals surface area contributed by atoms with Crippen LogP contribution in [-0.2, 0) is 61.1 Å². The van der Waals surface area contributed by atoms with E-state index in [1.54, 1.807) is 18.5 Å². The number of H-pyrrole nitrogens is 1. The minimum atomic E-state index is -1.28. The molecule has 11 N–H and O–H groups in total. The van der Waals surface area contributed by atoms with Crippen LogP contribution in [0.5, 0.6) is 0 Å². The zero-order chi connectivity index (χ0) is 46.3. The summed E-state index contributed by atoms with van der Waals surface area (Å²) in [7, 11) is 0. The van der Waals surface area contributed by atoms with Crippen LogP contribution in [0.25, 0.3) is 10.9 Å². The van der Waals surface area contributed by atoms with E-state index in [4.69, 9.17) is 17.2 Å². The van der Waals surface area contributed by atoms with Crippen LogP contribution >= 0.6 is 0 Å². The first kappa shape index (κ1) is 45.0. The Morgan fingerprint density at radius 3 is 2.11 bits per heavy atom. The molecule has 0 saturated carbocycles. The van der Waals surface area contributed by atoms with Gasteiger partial charge in [0.2, 0.25) is 35.4 Å². The number of hydrogen-bond acceptors (Lipinski definition) is 9. The molecule has 66 heavy (non-hydrogen) atoms. The Morgan fingerprint density at radius 2 is 1.36 bits per heavy atom. The van der Waals surface area contributed by atoms with Crippen LogP contribution < -0.4 is 38.5 Å². The second-order valence-electron chi connectivity index (χ2n) is 17.1. The molecule has 0 radical (unpaired) electrons. The number of aromatic nitrogens is 3. The molecule has 0 spiro atoms. The van der Waals surface area contributed by atoms with Crippen molar-refractivity contribution >= 4 is 52.3 Å². The van der Waals surface area contributed by atoms with Gasteiger partial charge in [-0.25, -0.2) is 0 Å². The first-order chi connectivity index (χ1) is 31.9. The molecular formula is C47H55N13O6. The van der Waals surface area contributed by atoms with E-state index in [-0.39, 0.29) is 70.7 Å². The summed E-state index contributed by atoms with van der Waals surface area (Å²) in [6, 6.07) is 17.9. The van der Waals surface area contributed by atoms with Crippen LogP contribution in [0.4, 0.5) is 0 Å². The summed E-state index contributed by atoms with van der Waals surface area (Å²) in [6.07, 6.45) is 5.50. The van der Waals surface area contributed by atoms with Crippen molar-refractivity contribution in [1.29, 1.82) is 0 Å². The third-order valence-electron chi connectivity index (χ3n) is 12.5. The third kappa shape index (κ3) is 10.4. The zero-order valence-corrected chi connectivity index (χ0v) is 36.3. The van der Waals surface area contributed by atoms with E-state index in [0.717, 1.165) is 22.0 Å². The number of benzene rings is 3. The van der Waals surface area contributed by atoms with Crippen molar-refractivity contribution in [2.45, 2.75) is 93.9 Å². The Kier molecular flexibility index (Phi) is 13.7. The maximum absolute atomic E-state index is 15.0. The van der Waals surface area contributed by atoms with E-state index >= 15 is 4.79 Å². The van der Waals surface area contributed by atoms with E-state index < -0.39 is 77.7 Å². The molecule has 19 nitrogen and oxygen atoms in total. The molecular weight excluding hydrogens is 843 g/mol. The second kappa shape index (κ2) is 20.1. The van der Waals surface area contributed by atoms with Crippen molar-refractivity contribution in [2.24, 2.45) is 22.2 Å². The summed E-state index contributed by atoms with van der Waals surface area (Å²) in [4.78, 5) is 99.0. The standard InChI is InChI=1S/C47H55N13O6/c48-32-23-40-46(66)59-25-30-13-5-4-12-29(30)22-39(59)44(64)57-38(27-58-19-9-18-53-58)43(63)55-36(20-28-10-2-1-3-11-28)41(61)56-37(21-31-24-52-34-15-7-6-14-33(31)34)42(62)54-35(45(65)60(40)26-32)16-8-17-51-47(49)50/h1-7,9-15,18-19,24,32,35-40,52H,8,16-17,20-23,25-27,48H2,(H,54,62)(H,55,63)(H,56,61)(H,57,64)(H4,49,50,51)/t32-,35+,36-,37+,38+,39+,40-/m1/s1. The molecule has 6 amide bonds. The summed E-state index contributed by atoms with van der Waals surface area (Å²) >= 11 is 0. The summed E-state index contributed by atoms with van der Waals surface area (Å²) in [5.41, 5.74) is 21.7. The Morgan fingerprint density at radius 1 is 0.697 bits per heavy atom. The van der Waals surface area contributed by atoms with E-state index in [0.29, 0.717) is 11.1 Å². The lowest BCUT2D eigenvalue weighted by Crippen LogP contribution is -2.63. The van der Waals surface area contributed by atoms with Gasteiger partial charge in [0.1, 0.15) is 36.3 Å². The van der Waals surface area contributed by atoms with Crippen LogP contribution in [0.2, 0.25) is 0 Å². The summed E-state index contributed by atoms with van der Waals surface area (Å²) in [5.74, 6) is -3.87. The average Bonchev–Trinajstić information content (AvgIpc) is 4.09. The fourth-order valence-corrected chi connectivity index (χ4v) is 9.15. The van der Waals surface area contributed by atoms with E-state index in [9.17, 15) is 24.0 Å². The van der Waals surface area contributed by atoms with Crippen LogP contribution in [0.1, 0.15) is 41.5 Å². The van der Waals surface area contributed by atoms with Gasteiger partial charge in [-0.2, -0.15) is 5.10 Å². The molecule has 0 unspecified atom stereocenters. The number of guanidine groups is 1. The highest BCUT2D eigenvalue weighted by Crippen LogP contribution is 2.29. The quantitative estimate of drug-likeness (QED) is 0.0517. The van der Waals surface area contributed by atoms with E-state index in [2.05, 4.69) is 36.3 Å². The van der Waals surface area contributed by atoms with Gasteiger partial charge in [0.25, 0.3) is 0 Å². The number of fused-ring (bicyclic) bond motifs is 4. The number of para-hydroxylation sites is 1. The van der Waals surface area contributed by atoms with Gasteiger partial charge in [-0.15, -0.1) is 0 Å². The Labute approximate surface area is 380 Å². The highest BCUT2D eigenvalue weighted by Gasteiger charge is 2.46. The smallest absolute Gasteiger partial charge is 0.246 e. The maximum atomic E-state index is 15.0. The molecule has 5 heterocycles. The van der Waals surface area contributed by atoms with Gasteiger partial charge in [-0.3, -0.25) is 38.4 Å². The van der Waals surface area contributed by atoms with Gasteiger partial charge in [0, 0.05) is 74.4 Å². The number of carbonyl (C=O) groups is 6. The fraction of sp³-hybridized carbons (Fsp3) is 0.362. The van der Waals surface area contributed by atoms with Crippen molar-refractivity contribution in [2.75, 3.05) is 13.1 Å². The molecule has 2 fully saturated rings. The molecule has 3 aromatic carbocycles. The van der Waals surface area contributed by atoms with Crippen molar-refractivity contribution < 1.29 is 28.8 Å². The number of aromatic amines is 1. The lowest BCUT2D eigenvalue weighted by molar-refractivity contribution is -0.150. The Balaban J connectivity index is 1.21. The average molecular weight is 898 g/mol. The number of nitrogens with one attached hydrogen (secondary N) is 5. The van der Waals surface area contributed by atoms with Gasteiger partial charge in [0.05, 0.1) is 6.54 Å². The monoisotopic (exact) mass is 897 g/mol. The van der Waals surface area contributed by atoms with Crippen LogP contribution in [0.15, 0.2) is 109 Å². The molecule has 0 aliphatic carbocycles. The molecule has 5 aromatic rings. The summed E-state index contributed by atoms with van der Waals surface area (Å²) < 4.78 is 1.49. The second-order valence-corrected chi connectivity index (χ2v) is 17.1. The lowest BCUT2D eigenvalue weighted by Gasteiger charge is -2.40. The Bertz CT molecular complexity index is 2590. The largest absolute Gasteiger partial charge is 0.370 e. The number of rotatable bonds is 10. The van der Waals surface area contributed by atoms with Gasteiger partial charge in [-0.1, -0.05) is 72.8 Å². The summed E-state index contributed by atoms with van der Waals surface area (Å²) in [6.45, 7) is 0.0764. The van der Waals surface area contributed by atoms with E-state index in [1.807, 2.05) is 78.9 Å². The molecule has 344 valence electrons. The predicted octanol–water partition coefficient (Wildman–Crippen LogP) is -0.262. The van der Waals surface area contributed by atoms with Crippen molar-refractivity contribution in [3.05, 3.63) is 126 Å². The minimum absolute atomic E-state index is 0.000410. The molecule has 19 heteroatoms. The normalized spacial score (nSPS) is 24.2. The summed E-state index contributed by atoms with van der Waals surface area (Å²) in [5, 5.41) is 16.7. The number of aliphatic imine (C=N–C) groups is 1. The lowest BCUT2D eigenvalue weighted by atomic mass is 9.92. The topological polar surface area (TPSA) is 281 Å². The molecule has 2 aromatic heterocycles. The van der Waals surface area contributed by atoms with Crippen molar-refractivity contribution in [1.82, 2.24) is 45.8 Å². The van der Waals surface area contributed by atoms with Crippen LogP contribution in [0.3, 0.4) is 0 Å². The number of hydrogen-bond donors (Lipinski definition) is 8. The molecule has 8 rings (SSSR count). The SMILES string of the molecule is NC(N)=NCCC[C@@H]1NC(=O)[C@H](Cc2c[nH]c3ccccc23)NC(=O)[C@@H](Cc2ccccc2)NC(=O)[C@H](Cn2cccn2)NC(=O)[C@@H]2Cc3ccccc3CN2C(=O)[C@H]2C[C@@H](N)CN2C1=O. The predicted molar refractivity (Wildman–Crippen MR) is 245 cm³/mol. The molecule has 2 saturated heterocycles. The van der Waals surface area contributed by atoms with Gasteiger partial charge in [-0.05, 0) is 53.6 Å². The van der Waals surface area contributed by atoms with Crippen LogP contribution in [0, 0.1) is 0 Å². The number of carbonyl (C=O) groups excluding carboxylic acids is 6. The van der Waals surface area contributed by atoms with Gasteiger partial charge >= 0.3 is 0 Å². The van der Waals surface area contributed by atoms with Gasteiger partial charge < -0.3 is 53.3 Å². The van der Waals surface area contributed by atoms with Gasteiger partial charge in [0.15, 0.2) is 5.96 Å². The van der Waals surface area contributed by atoms with Crippen molar-refractivity contribution in [3.8, 4) is 0 Å². The zero-order valence-electron chi connectivity index (χ0n) is 36.3. The minimum Gasteiger partial charge on any atom is -0.370 e. The highest BCUT2D eigenvalue weighted by atomic mass is 16.2. The first-order valence-corrected chi connectivity index (χ1v) is 22.2. The third-order valence-corrected chi connectivity index (χ3v) is 12.5. The number of amides is 6. The number of nitrogens with zero attached hydrogens (tertiary/aromatic N) is 5. The first-order valence-electron chi connectivity index (χ1n) is 22.2. The maximum Gasteiger partial charge on any atom is 0.246 e. The molecule has 3 aliphatic rings. The van der Waals surface area contributed by atoms with Crippen LogP contribution in [-0.4, -0.2) is 121 Å². The molecule has 0 bridgehead atoms. The molecule has 3 aliphatic heterocycles.